The van der Waals surface area contributed by atoms with Crippen LogP contribution in [0.1, 0.15) is 0 Å². The second kappa shape index (κ2) is 5.64. The maximum atomic E-state index is 11.3. The number of aromatic nitrogens is 3. The number of carbonyl (C=O) groups is 2. The molecule has 0 aliphatic rings. The molecular weight excluding hydrogens is 313 g/mol. The first-order valence-corrected chi connectivity index (χ1v) is 6.63. The molecule has 0 fully saturated rings. The van der Waals surface area contributed by atoms with Crippen LogP contribution in [0.25, 0.3) is 5.65 Å². The van der Waals surface area contributed by atoms with Crippen LogP contribution in [0.15, 0.2) is 17.4 Å². The second-order valence-corrected chi connectivity index (χ2v) is 5.17. The summed E-state index contributed by atoms with van der Waals surface area (Å²) in [5.74, 6) is -0.559. The summed E-state index contributed by atoms with van der Waals surface area (Å²) in [6.45, 7) is 0. The van der Waals surface area contributed by atoms with E-state index in [2.05, 4.69) is 10.2 Å². The van der Waals surface area contributed by atoms with Crippen LogP contribution in [0, 0.1) is 0 Å². The van der Waals surface area contributed by atoms with Crippen LogP contribution in [0.3, 0.4) is 0 Å². The van der Waals surface area contributed by atoms with Gasteiger partial charge >= 0.3 is 6.03 Å². The molecule has 2 heterocycles. The van der Waals surface area contributed by atoms with Crippen molar-refractivity contribution < 1.29 is 9.59 Å². The molecule has 0 radical (unpaired) electrons. The zero-order chi connectivity index (χ0) is 14.0. The molecule has 0 aliphatic heterocycles. The van der Waals surface area contributed by atoms with Crippen molar-refractivity contribution >= 4 is 52.5 Å². The van der Waals surface area contributed by atoms with Crippen molar-refractivity contribution in [2.75, 3.05) is 5.75 Å². The summed E-state index contributed by atoms with van der Waals surface area (Å²) in [6.07, 6.45) is 1.58. The number of pyridine rings is 1. The van der Waals surface area contributed by atoms with Crippen LogP contribution in [0.2, 0.25) is 10.0 Å². The van der Waals surface area contributed by atoms with Gasteiger partial charge in [-0.2, -0.15) is 0 Å². The third kappa shape index (κ3) is 3.28. The van der Waals surface area contributed by atoms with E-state index in [1.807, 2.05) is 5.32 Å². The molecule has 0 aromatic carbocycles. The Bertz CT molecular complexity index is 659. The average Bonchev–Trinajstić information content (AvgIpc) is 2.68. The third-order valence-electron chi connectivity index (χ3n) is 1.99. The number of nitrogens with zero attached hydrogens (tertiary/aromatic N) is 3. The minimum absolute atomic E-state index is 0.0339. The number of nitrogens with one attached hydrogen (secondary N) is 1. The van der Waals surface area contributed by atoms with Gasteiger partial charge in [-0.1, -0.05) is 35.0 Å². The highest BCUT2D eigenvalue weighted by Gasteiger charge is 2.12. The number of fused-ring (bicyclic) bond motifs is 1. The smallest absolute Gasteiger partial charge is 0.318 e. The normalized spacial score (nSPS) is 10.6. The van der Waals surface area contributed by atoms with E-state index in [9.17, 15) is 9.59 Å². The number of halogens is 2. The molecule has 0 saturated heterocycles. The predicted octanol–water partition coefficient (Wildman–Crippen LogP) is 1.32. The lowest BCUT2D eigenvalue weighted by Crippen LogP contribution is -2.36. The quantitative estimate of drug-likeness (QED) is 0.831. The molecule has 3 N–H and O–H groups in total. The molecule has 19 heavy (non-hydrogen) atoms. The average molecular weight is 320 g/mol. The maximum absolute atomic E-state index is 11.3. The number of carbonyl (C=O) groups excluding carboxylic acids is 2. The molecule has 100 valence electrons. The molecule has 2 aromatic heterocycles. The van der Waals surface area contributed by atoms with Gasteiger partial charge in [0, 0.05) is 6.20 Å². The summed E-state index contributed by atoms with van der Waals surface area (Å²) in [4.78, 5) is 21.8. The number of rotatable bonds is 3. The van der Waals surface area contributed by atoms with Crippen molar-refractivity contribution in [1.29, 1.82) is 0 Å². The summed E-state index contributed by atoms with van der Waals surface area (Å²) in [6, 6.07) is 0.643. The predicted molar refractivity (Wildman–Crippen MR) is 71.5 cm³/mol. The lowest BCUT2D eigenvalue weighted by atomic mass is 10.5. The van der Waals surface area contributed by atoms with Crippen molar-refractivity contribution in [3.63, 3.8) is 0 Å². The summed E-state index contributed by atoms with van der Waals surface area (Å²) >= 11 is 12.9. The van der Waals surface area contributed by atoms with E-state index in [1.165, 1.54) is 0 Å². The Balaban J connectivity index is 2.18. The van der Waals surface area contributed by atoms with Crippen LogP contribution in [-0.4, -0.2) is 32.3 Å². The molecule has 10 heteroatoms. The van der Waals surface area contributed by atoms with Gasteiger partial charge < -0.3 is 5.73 Å². The van der Waals surface area contributed by atoms with E-state index < -0.39 is 11.9 Å². The van der Waals surface area contributed by atoms with Gasteiger partial charge in [-0.3, -0.25) is 14.5 Å². The van der Waals surface area contributed by atoms with E-state index in [4.69, 9.17) is 28.9 Å². The Labute approximate surface area is 121 Å². The number of urea groups is 1. The van der Waals surface area contributed by atoms with Crippen molar-refractivity contribution in [3.05, 3.63) is 22.3 Å². The Morgan fingerprint density at radius 2 is 2.16 bits per heavy atom. The van der Waals surface area contributed by atoms with Gasteiger partial charge in [-0.15, -0.1) is 10.2 Å². The highest BCUT2D eigenvalue weighted by molar-refractivity contribution is 7.99. The monoisotopic (exact) mass is 319 g/mol. The topological polar surface area (TPSA) is 102 Å². The molecular formula is C9H7Cl2N5O2S. The van der Waals surface area contributed by atoms with Crippen LogP contribution in [0.4, 0.5) is 4.79 Å². The number of imide groups is 1. The van der Waals surface area contributed by atoms with Gasteiger partial charge in [0.1, 0.15) is 0 Å². The fraction of sp³-hybridized carbons (Fsp3) is 0.111. The molecule has 3 amide bonds. The largest absolute Gasteiger partial charge is 0.351 e. The molecule has 0 aliphatic carbocycles. The molecule has 0 saturated carbocycles. The summed E-state index contributed by atoms with van der Waals surface area (Å²) in [7, 11) is 0. The summed E-state index contributed by atoms with van der Waals surface area (Å²) < 4.78 is 1.56. The van der Waals surface area contributed by atoms with E-state index in [-0.39, 0.29) is 5.75 Å². The number of thioether (sulfide) groups is 1. The van der Waals surface area contributed by atoms with Gasteiger partial charge in [0.2, 0.25) is 5.91 Å². The van der Waals surface area contributed by atoms with E-state index in [0.29, 0.717) is 20.8 Å². The van der Waals surface area contributed by atoms with E-state index >= 15 is 0 Å². The number of nitrogens with two attached hydrogens (primary N) is 1. The number of hydrogen-bond donors (Lipinski definition) is 2. The summed E-state index contributed by atoms with van der Waals surface area (Å²) in [5, 5.41) is 10.9. The van der Waals surface area contributed by atoms with Crippen LogP contribution >= 0.6 is 35.0 Å². The highest BCUT2D eigenvalue weighted by atomic mass is 35.5. The Kier molecular flexibility index (Phi) is 4.13. The minimum atomic E-state index is -0.900. The Morgan fingerprint density at radius 3 is 2.84 bits per heavy atom. The third-order valence-corrected chi connectivity index (χ3v) is 3.42. The van der Waals surface area contributed by atoms with Crippen molar-refractivity contribution in [2.24, 2.45) is 5.73 Å². The van der Waals surface area contributed by atoms with E-state index in [0.717, 1.165) is 11.8 Å². The Hall–Kier alpha value is -1.51. The van der Waals surface area contributed by atoms with Gasteiger partial charge in [-0.05, 0) is 6.07 Å². The molecule has 0 bridgehead atoms. The first kappa shape index (κ1) is 13.9. The molecule has 0 atom stereocenters. The van der Waals surface area contributed by atoms with Gasteiger partial charge in [-0.25, -0.2) is 4.79 Å². The fourth-order valence-electron chi connectivity index (χ4n) is 1.30. The fourth-order valence-corrected chi connectivity index (χ4v) is 2.52. The van der Waals surface area contributed by atoms with Crippen LogP contribution in [-0.2, 0) is 4.79 Å². The number of primary amides is 1. The van der Waals surface area contributed by atoms with Crippen molar-refractivity contribution in [3.8, 4) is 0 Å². The van der Waals surface area contributed by atoms with Gasteiger partial charge in [0.05, 0.1) is 15.8 Å². The van der Waals surface area contributed by atoms with Gasteiger partial charge in [0.25, 0.3) is 0 Å². The zero-order valence-corrected chi connectivity index (χ0v) is 11.6. The molecule has 2 rings (SSSR count). The van der Waals surface area contributed by atoms with Crippen LogP contribution < -0.4 is 11.1 Å². The standard InChI is InChI=1S/C9H7Cl2N5O2S/c10-4-1-5(11)7-14-15-9(16(7)2-4)19-3-6(17)13-8(12)18/h1-2H,3H2,(H3,12,13,17,18). The van der Waals surface area contributed by atoms with E-state index in [1.54, 1.807) is 16.7 Å². The number of hydrogen-bond acceptors (Lipinski definition) is 5. The molecule has 0 unspecified atom stereocenters. The summed E-state index contributed by atoms with van der Waals surface area (Å²) in [5.41, 5.74) is 5.26. The SMILES string of the molecule is NC(=O)NC(=O)CSc1nnc2c(Cl)cc(Cl)cn12. The zero-order valence-electron chi connectivity index (χ0n) is 9.26. The minimum Gasteiger partial charge on any atom is -0.351 e. The highest BCUT2D eigenvalue weighted by Crippen LogP contribution is 2.25. The molecule has 0 spiro atoms. The van der Waals surface area contributed by atoms with Crippen LogP contribution in [0.5, 0.6) is 0 Å². The van der Waals surface area contributed by atoms with Gasteiger partial charge in [0.15, 0.2) is 10.8 Å². The van der Waals surface area contributed by atoms with Crippen molar-refractivity contribution in [1.82, 2.24) is 19.9 Å². The Morgan fingerprint density at radius 1 is 1.42 bits per heavy atom. The first-order valence-electron chi connectivity index (χ1n) is 4.89. The second-order valence-electron chi connectivity index (χ2n) is 3.38. The lowest BCUT2D eigenvalue weighted by Gasteiger charge is -2.01. The van der Waals surface area contributed by atoms with Crippen molar-refractivity contribution in [2.45, 2.75) is 5.16 Å². The first-order chi connectivity index (χ1) is 8.97. The maximum Gasteiger partial charge on any atom is 0.318 e. The molecule has 2 aromatic rings. The number of amides is 3. The molecule has 7 nitrogen and oxygen atoms in total. The lowest BCUT2D eigenvalue weighted by molar-refractivity contribution is -0.117.